The first-order chi connectivity index (χ1) is 14.4. The van der Waals surface area contributed by atoms with E-state index in [1.54, 1.807) is 6.92 Å². The minimum atomic E-state index is -2.32. The van der Waals surface area contributed by atoms with E-state index >= 15 is 0 Å². The molecular weight excluding hydrogens is 408 g/mol. The predicted molar refractivity (Wildman–Crippen MR) is 103 cm³/mol. The zero-order valence-corrected chi connectivity index (χ0v) is 17.7. The number of ether oxygens (including phenoxy) is 2. The summed E-state index contributed by atoms with van der Waals surface area (Å²) in [5.41, 5.74) is -3.92. The van der Waals surface area contributed by atoms with Crippen LogP contribution >= 0.6 is 0 Å². The van der Waals surface area contributed by atoms with Crippen LogP contribution in [0.5, 0.6) is 0 Å². The van der Waals surface area contributed by atoms with Crippen LogP contribution < -0.4 is 0 Å². The monoisotopic (exact) mass is 438 g/mol. The number of allylic oxidation sites excluding steroid dienone is 1. The van der Waals surface area contributed by atoms with Gasteiger partial charge in [-0.3, -0.25) is 9.59 Å². The maximum absolute atomic E-state index is 13.5. The summed E-state index contributed by atoms with van der Waals surface area (Å²) in [5.74, 6) is -5.59. The highest BCUT2D eigenvalue weighted by molar-refractivity contribution is 6.04. The Morgan fingerprint density at radius 3 is 2.52 bits per heavy atom. The molecule has 0 aromatic rings. The van der Waals surface area contributed by atoms with E-state index < -0.39 is 70.0 Å². The fraction of sp³-hybridized carbons (Fsp3) is 0.818. The molecule has 11 unspecified atom stereocenters. The minimum Gasteiger partial charge on any atom is -0.465 e. The van der Waals surface area contributed by atoms with Gasteiger partial charge in [0.25, 0.3) is 0 Å². The first-order valence-corrected chi connectivity index (χ1v) is 10.8. The molecule has 9 nitrogen and oxygen atoms in total. The van der Waals surface area contributed by atoms with Crippen molar-refractivity contribution >= 4 is 11.8 Å². The smallest absolute Gasteiger partial charge is 0.302 e. The molecule has 172 valence electrons. The summed E-state index contributed by atoms with van der Waals surface area (Å²) in [5, 5.41) is 56.8. The first kappa shape index (κ1) is 21.5. The highest BCUT2D eigenvalue weighted by Gasteiger charge is 2.86. The van der Waals surface area contributed by atoms with E-state index in [4.69, 9.17) is 9.47 Å². The second-order valence-corrected chi connectivity index (χ2v) is 10.6. The summed E-state index contributed by atoms with van der Waals surface area (Å²) in [6, 6.07) is 0. The van der Waals surface area contributed by atoms with Gasteiger partial charge in [0.1, 0.15) is 6.10 Å². The maximum atomic E-state index is 13.5. The third kappa shape index (κ3) is 2.13. The van der Waals surface area contributed by atoms with Gasteiger partial charge in [-0.15, -0.1) is 0 Å². The van der Waals surface area contributed by atoms with Gasteiger partial charge >= 0.3 is 5.97 Å². The van der Waals surface area contributed by atoms with Crippen LogP contribution in [0.25, 0.3) is 0 Å². The Balaban J connectivity index is 1.74. The van der Waals surface area contributed by atoms with E-state index in [1.807, 2.05) is 0 Å². The Morgan fingerprint density at radius 2 is 1.87 bits per heavy atom. The van der Waals surface area contributed by atoms with Gasteiger partial charge in [-0.05, 0) is 24.3 Å². The second-order valence-electron chi connectivity index (χ2n) is 10.6. The molecule has 2 heterocycles. The molecule has 4 bridgehead atoms. The molecule has 6 aliphatic rings. The first-order valence-electron chi connectivity index (χ1n) is 10.8. The van der Waals surface area contributed by atoms with Crippen molar-refractivity contribution in [3.05, 3.63) is 12.2 Å². The molecule has 2 aliphatic heterocycles. The lowest BCUT2D eigenvalue weighted by Gasteiger charge is -2.75. The van der Waals surface area contributed by atoms with E-state index in [1.165, 1.54) is 6.92 Å². The van der Waals surface area contributed by atoms with Gasteiger partial charge in [0, 0.05) is 36.0 Å². The number of rotatable bonds is 2. The summed E-state index contributed by atoms with van der Waals surface area (Å²) in [6.07, 6.45) is -4.77. The van der Waals surface area contributed by atoms with E-state index in [2.05, 4.69) is 6.58 Å². The fourth-order valence-electron chi connectivity index (χ4n) is 8.12. The van der Waals surface area contributed by atoms with Crippen LogP contribution in [-0.2, 0) is 19.1 Å². The molecule has 6 rings (SSSR count). The molecule has 4 saturated carbocycles. The van der Waals surface area contributed by atoms with Gasteiger partial charge in [0.05, 0.1) is 36.9 Å². The third-order valence-electron chi connectivity index (χ3n) is 9.38. The lowest BCUT2D eigenvalue weighted by Crippen LogP contribution is -2.86. The SMILES string of the molecule is C=C1C(=O)C23CC1CC(O)C2C12COC3(O)C(O)C1C(C)(COC(C)=O)C(O)CC2O. The topological polar surface area (TPSA) is 154 Å². The highest BCUT2D eigenvalue weighted by Crippen LogP contribution is 2.76. The van der Waals surface area contributed by atoms with Gasteiger partial charge in [0.15, 0.2) is 5.78 Å². The van der Waals surface area contributed by atoms with Crippen molar-refractivity contribution in [1.29, 1.82) is 0 Å². The van der Waals surface area contributed by atoms with Crippen molar-refractivity contribution < 1.29 is 44.6 Å². The molecule has 0 amide bonds. The molecule has 0 aromatic carbocycles. The zero-order chi connectivity index (χ0) is 22.7. The van der Waals surface area contributed by atoms with Crippen LogP contribution in [-0.4, -0.2) is 80.7 Å². The predicted octanol–water partition coefficient (Wildman–Crippen LogP) is -1.11. The fourth-order valence-corrected chi connectivity index (χ4v) is 8.12. The molecular formula is C22H30O9. The number of hydrogen-bond donors (Lipinski definition) is 5. The van der Waals surface area contributed by atoms with Crippen molar-refractivity contribution in [3.8, 4) is 0 Å². The standard InChI is InChI=1S/C22H30O9/c1-9-11-4-12(24)15-20-8-31-22(29,21(15,6-11)17(9)27)18(28)16(20)19(3,7-30-10(2)23)13(25)5-14(20)26/h11-16,18,24-26,28-29H,1,4-8H2,2-3H3. The molecule has 5 N–H and O–H groups in total. The molecule has 9 heteroatoms. The van der Waals surface area contributed by atoms with E-state index in [0.29, 0.717) is 5.57 Å². The normalized spacial score (nSPS) is 57.5. The number of ketones is 1. The number of hydrogen-bond acceptors (Lipinski definition) is 9. The van der Waals surface area contributed by atoms with Crippen molar-refractivity contribution in [2.45, 2.75) is 63.3 Å². The Kier molecular flexibility index (Phi) is 4.26. The maximum Gasteiger partial charge on any atom is 0.302 e. The number of Topliss-reactive ketones (excluding diaryl/α,β-unsaturated/α-hetero) is 1. The van der Waals surface area contributed by atoms with Crippen molar-refractivity contribution in [1.82, 2.24) is 0 Å². The lowest BCUT2D eigenvalue weighted by atomic mass is 9.35. The number of aliphatic hydroxyl groups is 5. The third-order valence-corrected chi connectivity index (χ3v) is 9.38. The summed E-state index contributed by atoms with van der Waals surface area (Å²) in [4.78, 5) is 25.0. The van der Waals surface area contributed by atoms with Crippen LogP contribution in [0.1, 0.15) is 33.1 Å². The van der Waals surface area contributed by atoms with E-state index in [9.17, 15) is 35.1 Å². The number of aliphatic hydroxyl groups excluding tert-OH is 4. The van der Waals surface area contributed by atoms with Gasteiger partial charge in [-0.25, -0.2) is 0 Å². The number of esters is 1. The number of carbonyl (C=O) groups excluding carboxylic acids is 2. The number of fused-ring (bicyclic) bond motifs is 2. The molecule has 31 heavy (non-hydrogen) atoms. The van der Waals surface area contributed by atoms with Gasteiger partial charge in [-0.2, -0.15) is 0 Å². The van der Waals surface area contributed by atoms with Crippen molar-refractivity contribution in [2.24, 2.45) is 34.0 Å². The highest BCUT2D eigenvalue weighted by atomic mass is 16.6. The Labute approximate surface area is 179 Å². The minimum absolute atomic E-state index is 0.110. The number of carbonyl (C=O) groups is 2. The molecule has 11 atom stereocenters. The summed E-state index contributed by atoms with van der Waals surface area (Å²) in [6.45, 7) is 6.28. The summed E-state index contributed by atoms with van der Waals surface area (Å²) in [7, 11) is 0. The van der Waals surface area contributed by atoms with E-state index in [-0.39, 0.29) is 38.4 Å². The zero-order valence-electron chi connectivity index (χ0n) is 17.7. The largest absolute Gasteiger partial charge is 0.465 e. The molecule has 2 saturated heterocycles. The van der Waals surface area contributed by atoms with Crippen molar-refractivity contribution in [3.63, 3.8) is 0 Å². The molecule has 0 aromatic heterocycles. The molecule has 6 fully saturated rings. The van der Waals surface area contributed by atoms with E-state index in [0.717, 1.165) is 0 Å². The molecule has 2 spiro atoms. The summed E-state index contributed by atoms with van der Waals surface area (Å²) >= 11 is 0. The quantitative estimate of drug-likeness (QED) is 0.267. The van der Waals surface area contributed by atoms with Gasteiger partial charge in [-0.1, -0.05) is 13.5 Å². The van der Waals surface area contributed by atoms with Gasteiger partial charge in [0.2, 0.25) is 5.79 Å². The van der Waals surface area contributed by atoms with Crippen LogP contribution in [0, 0.1) is 34.0 Å². The molecule has 0 radical (unpaired) electrons. The van der Waals surface area contributed by atoms with Gasteiger partial charge < -0.3 is 35.0 Å². The summed E-state index contributed by atoms with van der Waals surface area (Å²) < 4.78 is 11.0. The molecule has 4 aliphatic carbocycles. The Hall–Kier alpha value is -1.36. The van der Waals surface area contributed by atoms with Crippen molar-refractivity contribution in [2.75, 3.05) is 13.2 Å². The van der Waals surface area contributed by atoms with Crippen LogP contribution in [0.4, 0.5) is 0 Å². The second kappa shape index (κ2) is 6.15. The van der Waals surface area contributed by atoms with Crippen LogP contribution in [0.2, 0.25) is 0 Å². The Morgan fingerprint density at radius 1 is 1.19 bits per heavy atom. The lowest BCUT2D eigenvalue weighted by molar-refractivity contribution is -0.461. The van der Waals surface area contributed by atoms with Crippen LogP contribution in [0.3, 0.4) is 0 Å². The average Bonchev–Trinajstić information content (AvgIpc) is 2.89. The Bertz CT molecular complexity index is 873. The van der Waals surface area contributed by atoms with Crippen LogP contribution in [0.15, 0.2) is 12.2 Å². The average molecular weight is 438 g/mol.